The first-order chi connectivity index (χ1) is 13.1. The second-order valence-corrected chi connectivity index (χ2v) is 6.46. The number of benzene rings is 1. The maximum Gasteiger partial charge on any atom is 0.417 e. The van der Waals surface area contributed by atoms with Crippen LogP contribution in [0.5, 0.6) is 5.75 Å². The Labute approximate surface area is 157 Å². The summed E-state index contributed by atoms with van der Waals surface area (Å²) in [5.41, 5.74) is 2.13. The van der Waals surface area contributed by atoms with Crippen molar-refractivity contribution in [3.05, 3.63) is 65.8 Å². The molecule has 1 atom stereocenters. The Balaban J connectivity index is 1.46. The zero-order valence-electron chi connectivity index (χ0n) is 15.3. The van der Waals surface area contributed by atoms with Crippen LogP contribution < -0.4 is 10.5 Å². The summed E-state index contributed by atoms with van der Waals surface area (Å²) in [5.74, 6) is 0.0585. The summed E-state index contributed by atoms with van der Waals surface area (Å²) < 4.78 is 10.6. The second kappa shape index (κ2) is 8.75. The lowest BCUT2D eigenvalue weighted by molar-refractivity contribution is 0.0521. The highest BCUT2D eigenvalue weighted by atomic mass is 16.5. The Bertz CT molecular complexity index is 875. The van der Waals surface area contributed by atoms with Gasteiger partial charge in [-0.1, -0.05) is 19.2 Å². The molecule has 27 heavy (non-hydrogen) atoms. The number of nitrogens with zero attached hydrogens (tertiary/aromatic N) is 2. The lowest BCUT2D eigenvalue weighted by Gasteiger charge is -2.37. The predicted octanol–water partition coefficient (Wildman–Crippen LogP) is 1.73. The molecule has 0 radical (unpaired) electrons. The van der Waals surface area contributed by atoms with Crippen molar-refractivity contribution >= 4 is 11.1 Å². The summed E-state index contributed by atoms with van der Waals surface area (Å²) in [4.78, 5) is 18.2. The number of H-pyrrole nitrogens is 1. The molecule has 0 unspecified atom stereocenters. The Morgan fingerprint density at radius 1 is 1.33 bits per heavy atom. The van der Waals surface area contributed by atoms with Crippen LogP contribution in [0.15, 0.2) is 64.5 Å². The first-order valence-corrected chi connectivity index (χ1v) is 8.95. The van der Waals surface area contributed by atoms with Crippen LogP contribution in [0.3, 0.4) is 0 Å². The number of hydrogen-bond acceptors (Lipinski definition) is 6. The Morgan fingerprint density at radius 3 is 2.81 bits per heavy atom. The fourth-order valence-corrected chi connectivity index (χ4v) is 3.17. The molecule has 0 aliphatic carbocycles. The van der Waals surface area contributed by atoms with Gasteiger partial charge in [0.25, 0.3) is 0 Å². The van der Waals surface area contributed by atoms with E-state index in [9.17, 15) is 9.90 Å². The highest BCUT2D eigenvalue weighted by molar-refractivity contribution is 5.73. The van der Waals surface area contributed by atoms with E-state index in [0.29, 0.717) is 23.4 Å². The number of fused-ring (bicyclic) bond motifs is 1. The summed E-state index contributed by atoms with van der Waals surface area (Å²) in [6, 6.07) is 5.10. The molecule has 1 aromatic heterocycles. The molecular weight excluding hydrogens is 346 g/mol. The minimum absolute atomic E-state index is 0.175. The third-order valence-electron chi connectivity index (χ3n) is 4.54. The van der Waals surface area contributed by atoms with Crippen molar-refractivity contribution in [2.45, 2.75) is 6.10 Å². The standard InChI is InChI=1S/C20H25N3O4/c1-3-5-15(4-2)23-10-8-22(9-11-23)13-16(24)14-26-17-6-7-18-19(12-17)27-20(25)21-18/h3-7,12,16,24H,1-2,8-11,13-14H2,(H,21,25)/b15-5+/t16-/m0/s1. The average molecular weight is 371 g/mol. The third kappa shape index (κ3) is 4.90. The molecule has 1 aliphatic heterocycles. The van der Waals surface area contributed by atoms with E-state index in [1.807, 2.05) is 12.2 Å². The van der Waals surface area contributed by atoms with Crippen molar-refractivity contribution in [3.8, 4) is 5.75 Å². The number of oxazole rings is 1. The topological polar surface area (TPSA) is 81.9 Å². The van der Waals surface area contributed by atoms with Crippen molar-refractivity contribution < 1.29 is 14.3 Å². The maximum atomic E-state index is 11.2. The fraction of sp³-hybridized carbons (Fsp3) is 0.350. The van der Waals surface area contributed by atoms with Crippen LogP contribution in [0.1, 0.15) is 0 Å². The van der Waals surface area contributed by atoms with E-state index < -0.39 is 11.9 Å². The number of piperazine rings is 1. The number of aromatic amines is 1. The molecule has 1 aromatic carbocycles. The summed E-state index contributed by atoms with van der Waals surface area (Å²) in [6.45, 7) is 11.8. The van der Waals surface area contributed by atoms with Gasteiger partial charge in [-0.25, -0.2) is 4.79 Å². The molecule has 0 saturated carbocycles. The molecule has 144 valence electrons. The molecular formula is C20H25N3O4. The van der Waals surface area contributed by atoms with Gasteiger partial charge < -0.3 is 19.2 Å². The van der Waals surface area contributed by atoms with Crippen molar-refractivity contribution in [1.82, 2.24) is 14.8 Å². The zero-order valence-corrected chi connectivity index (χ0v) is 15.3. The van der Waals surface area contributed by atoms with Crippen molar-refractivity contribution in [2.24, 2.45) is 0 Å². The first-order valence-electron chi connectivity index (χ1n) is 8.95. The van der Waals surface area contributed by atoms with Gasteiger partial charge in [-0.3, -0.25) is 9.88 Å². The largest absolute Gasteiger partial charge is 0.491 e. The molecule has 2 heterocycles. The number of aliphatic hydroxyl groups excluding tert-OH is 1. The lowest BCUT2D eigenvalue weighted by atomic mass is 10.2. The fourth-order valence-electron chi connectivity index (χ4n) is 3.17. The van der Waals surface area contributed by atoms with Gasteiger partial charge in [0.1, 0.15) is 18.5 Å². The monoisotopic (exact) mass is 371 g/mol. The lowest BCUT2D eigenvalue weighted by Crippen LogP contribution is -2.48. The van der Waals surface area contributed by atoms with Crippen LogP contribution >= 0.6 is 0 Å². The van der Waals surface area contributed by atoms with E-state index >= 15 is 0 Å². The van der Waals surface area contributed by atoms with E-state index in [1.54, 1.807) is 24.3 Å². The number of nitrogens with one attached hydrogen (secondary N) is 1. The van der Waals surface area contributed by atoms with Crippen LogP contribution in [-0.2, 0) is 0 Å². The molecule has 1 fully saturated rings. The summed E-state index contributed by atoms with van der Waals surface area (Å²) in [5, 5.41) is 10.3. The number of rotatable bonds is 8. The van der Waals surface area contributed by atoms with Crippen LogP contribution in [0.25, 0.3) is 11.1 Å². The molecule has 1 aliphatic rings. The number of ether oxygens (including phenoxy) is 1. The summed E-state index contributed by atoms with van der Waals surface area (Å²) >= 11 is 0. The molecule has 0 spiro atoms. The molecule has 7 heteroatoms. The quantitative estimate of drug-likeness (QED) is 0.688. The van der Waals surface area contributed by atoms with Crippen LogP contribution in [-0.4, -0.2) is 65.3 Å². The van der Waals surface area contributed by atoms with E-state index in [-0.39, 0.29) is 6.61 Å². The minimum atomic E-state index is -0.604. The Hall–Kier alpha value is -2.77. The van der Waals surface area contributed by atoms with Gasteiger partial charge in [0.05, 0.1) is 5.52 Å². The van der Waals surface area contributed by atoms with Gasteiger partial charge in [-0.05, 0) is 24.3 Å². The molecule has 7 nitrogen and oxygen atoms in total. The molecule has 0 amide bonds. The number of hydrogen-bond donors (Lipinski definition) is 2. The van der Waals surface area contributed by atoms with Crippen LogP contribution in [0.4, 0.5) is 0 Å². The average Bonchev–Trinajstić information content (AvgIpc) is 3.04. The number of aromatic nitrogens is 1. The summed E-state index contributed by atoms with van der Waals surface area (Å²) in [7, 11) is 0. The predicted molar refractivity (Wildman–Crippen MR) is 105 cm³/mol. The zero-order chi connectivity index (χ0) is 19.2. The smallest absolute Gasteiger partial charge is 0.417 e. The van der Waals surface area contributed by atoms with Crippen molar-refractivity contribution in [2.75, 3.05) is 39.3 Å². The van der Waals surface area contributed by atoms with Crippen molar-refractivity contribution in [1.29, 1.82) is 0 Å². The molecule has 2 aromatic rings. The number of allylic oxidation sites excluding steroid dienone is 3. The summed E-state index contributed by atoms with van der Waals surface area (Å²) in [6.07, 6.45) is 4.95. The van der Waals surface area contributed by atoms with E-state index in [2.05, 4.69) is 27.9 Å². The number of aliphatic hydroxyl groups is 1. The van der Waals surface area contributed by atoms with E-state index in [1.165, 1.54) is 0 Å². The Kier molecular flexibility index (Phi) is 6.16. The Morgan fingerprint density at radius 2 is 2.11 bits per heavy atom. The van der Waals surface area contributed by atoms with Gasteiger partial charge in [-0.15, -0.1) is 0 Å². The number of β-amino-alcohol motifs (C(OH)–C–C–N with tert-alkyl or cyclic N) is 1. The third-order valence-corrected chi connectivity index (χ3v) is 4.54. The van der Waals surface area contributed by atoms with Gasteiger partial charge >= 0.3 is 5.76 Å². The highest BCUT2D eigenvalue weighted by Crippen LogP contribution is 2.18. The van der Waals surface area contributed by atoms with Gasteiger partial charge in [0.2, 0.25) is 0 Å². The highest BCUT2D eigenvalue weighted by Gasteiger charge is 2.20. The van der Waals surface area contributed by atoms with Crippen LogP contribution in [0, 0.1) is 0 Å². The van der Waals surface area contributed by atoms with Crippen LogP contribution in [0.2, 0.25) is 0 Å². The van der Waals surface area contributed by atoms with Gasteiger partial charge in [0, 0.05) is 44.5 Å². The molecule has 2 N–H and O–H groups in total. The normalized spacial score (nSPS) is 17.1. The van der Waals surface area contributed by atoms with Gasteiger partial charge in [0.15, 0.2) is 5.58 Å². The SMILES string of the molecule is C=C/C=C(\C=C)N1CCN(C[C@H](O)COc2ccc3[nH]c(=O)oc3c2)CC1. The van der Waals surface area contributed by atoms with Crippen molar-refractivity contribution in [3.63, 3.8) is 0 Å². The first kappa shape index (κ1) is 19.0. The molecule has 3 rings (SSSR count). The maximum absolute atomic E-state index is 11.2. The second-order valence-electron chi connectivity index (χ2n) is 6.46. The van der Waals surface area contributed by atoms with E-state index in [4.69, 9.17) is 9.15 Å². The van der Waals surface area contributed by atoms with E-state index in [0.717, 1.165) is 31.9 Å². The molecule has 1 saturated heterocycles. The minimum Gasteiger partial charge on any atom is -0.491 e. The molecule has 0 bridgehead atoms. The van der Waals surface area contributed by atoms with Gasteiger partial charge in [-0.2, -0.15) is 0 Å².